The van der Waals surface area contributed by atoms with Crippen molar-refractivity contribution < 1.29 is 19.4 Å². The van der Waals surface area contributed by atoms with Gasteiger partial charge in [0.15, 0.2) is 0 Å². The number of methoxy groups -OCH3 is 1. The Bertz CT molecular complexity index is 598. The SMILES string of the molecule is COc1cc(N)c(Cl)cc1C(=O)NCC1CCC(C(=O)O)CC1. The maximum absolute atomic E-state index is 12.3. The van der Waals surface area contributed by atoms with E-state index in [9.17, 15) is 9.59 Å². The van der Waals surface area contributed by atoms with E-state index in [2.05, 4.69) is 5.32 Å². The van der Waals surface area contributed by atoms with Crippen LogP contribution in [0.3, 0.4) is 0 Å². The third-order valence-electron chi connectivity index (χ3n) is 4.31. The minimum absolute atomic E-state index is 0.252. The van der Waals surface area contributed by atoms with Gasteiger partial charge in [-0.2, -0.15) is 0 Å². The van der Waals surface area contributed by atoms with Crippen molar-refractivity contribution in [1.29, 1.82) is 0 Å². The normalized spacial score (nSPS) is 20.8. The number of anilines is 1. The molecule has 0 saturated heterocycles. The van der Waals surface area contributed by atoms with E-state index in [1.807, 2.05) is 0 Å². The second kappa shape index (κ2) is 7.55. The predicted octanol–water partition coefficient (Wildman–Crippen LogP) is 2.55. The molecule has 1 aliphatic rings. The van der Waals surface area contributed by atoms with Gasteiger partial charge in [0.05, 0.1) is 29.3 Å². The van der Waals surface area contributed by atoms with Gasteiger partial charge < -0.3 is 20.9 Å². The van der Waals surface area contributed by atoms with Gasteiger partial charge in [-0.25, -0.2) is 0 Å². The molecule has 7 heteroatoms. The molecule has 1 fully saturated rings. The molecule has 0 unspecified atom stereocenters. The summed E-state index contributed by atoms with van der Waals surface area (Å²) in [5, 5.41) is 12.2. The second-order valence-corrected chi connectivity index (χ2v) is 6.25. The summed E-state index contributed by atoms with van der Waals surface area (Å²) in [5.74, 6) is -0.584. The Morgan fingerprint density at radius 1 is 1.35 bits per heavy atom. The monoisotopic (exact) mass is 340 g/mol. The molecule has 1 aliphatic carbocycles. The Morgan fingerprint density at radius 3 is 2.57 bits per heavy atom. The van der Waals surface area contributed by atoms with Crippen LogP contribution in [0.2, 0.25) is 5.02 Å². The molecule has 0 aliphatic heterocycles. The van der Waals surface area contributed by atoms with Crippen LogP contribution in [0.15, 0.2) is 12.1 Å². The summed E-state index contributed by atoms with van der Waals surface area (Å²) in [6.07, 6.45) is 2.92. The number of hydrogen-bond acceptors (Lipinski definition) is 4. The van der Waals surface area contributed by atoms with Gasteiger partial charge in [0.1, 0.15) is 5.75 Å². The van der Waals surface area contributed by atoms with Gasteiger partial charge in [-0.1, -0.05) is 11.6 Å². The molecule has 1 saturated carbocycles. The van der Waals surface area contributed by atoms with Crippen LogP contribution < -0.4 is 15.8 Å². The number of nitrogens with one attached hydrogen (secondary N) is 1. The first-order valence-electron chi connectivity index (χ1n) is 7.56. The summed E-state index contributed by atoms with van der Waals surface area (Å²) in [4.78, 5) is 23.3. The second-order valence-electron chi connectivity index (χ2n) is 5.84. The van der Waals surface area contributed by atoms with E-state index in [1.165, 1.54) is 19.2 Å². The molecule has 0 bridgehead atoms. The lowest BCUT2D eigenvalue weighted by Gasteiger charge is -2.26. The zero-order valence-corrected chi connectivity index (χ0v) is 13.7. The van der Waals surface area contributed by atoms with Crippen molar-refractivity contribution in [2.45, 2.75) is 25.7 Å². The quantitative estimate of drug-likeness (QED) is 0.715. The van der Waals surface area contributed by atoms with Crippen LogP contribution >= 0.6 is 11.6 Å². The first-order chi connectivity index (χ1) is 10.9. The van der Waals surface area contributed by atoms with Gasteiger partial charge in [-0.05, 0) is 37.7 Å². The van der Waals surface area contributed by atoms with Gasteiger partial charge in [0, 0.05) is 12.6 Å². The van der Waals surface area contributed by atoms with Gasteiger partial charge >= 0.3 is 5.97 Å². The topological polar surface area (TPSA) is 102 Å². The number of halogens is 1. The summed E-state index contributed by atoms with van der Waals surface area (Å²) in [6, 6.07) is 3.02. The molecular weight excluding hydrogens is 320 g/mol. The van der Waals surface area contributed by atoms with Crippen molar-refractivity contribution in [2.24, 2.45) is 11.8 Å². The summed E-state index contributed by atoms with van der Waals surface area (Å²) < 4.78 is 5.17. The molecule has 4 N–H and O–H groups in total. The van der Waals surface area contributed by atoms with Crippen molar-refractivity contribution in [3.63, 3.8) is 0 Å². The summed E-state index contributed by atoms with van der Waals surface area (Å²) in [7, 11) is 1.46. The van der Waals surface area contributed by atoms with E-state index < -0.39 is 5.97 Å². The van der Waals surface area contributed by atoms with Crippen LogP contribution in [-0.4, -0.2) is 30.6 Å². The smallest absolute Gasteiger partial charge is 0.306 e. The highest BCUT2D eigenvalue weighted by Crippen LogP contribution is 2.30. The molecule has 6 nitrogen and oxygen atoms in total. The number of carbonyl (C=O) groups is 2. The van der Waals surface area contributed by atoms with E-state index in [-0.39, 0.29) is 11.8 Å². The number of carboxylic acids is 1. The lowest BCUT2D eigenvalue weighted by Crippen LogP contribution is -2.32. The number of hydrogen-bond donors (Lipinski definition) is 3. The number of rotatable bonds is 5. The molecule has 1 aromatic rings. The molecule has 126 valence electrons. The molecule has 0 heterocycles. The Hall–Kier alpha value is -1.95. The molecule has 1 aromatic carbocycles. The number of nitrogens with two attached hydrogens (primary N) is 1. The molecule has 0 aromatic heterocycles. The minimum atomic E-state index is -0.728. The van der Waals surface area contributed by atoms with Crippen LogP contribution in [0.25, 0.3) is 0 Å². The first kappa shape index (κ1) is 17.4. The van der Waals surface area contributed by atoms with Crippen LogP contribution in [0, 0.1) is 11.8 Å². The van der Waals surface area contributed by atoms with Crippen molar-refractivity contribution in [3.05, 3.63) is 22.7 Å². The summed E-state index contributed by atoms with van der Waals surface area (Å²) >= 11 is 5.97. The van der Waals surface area contributed by atoms with Gasteiger partial charge in [0.2, 0.25) is 0 Å². The van der Waals surface area contributed by atoms with E-state index >= 15 is 0 Å². The van der Waals surface area contributed by atoms with Crippen molar-refractivity contribution in [2.75, 3.05) is 19.4 Å². The van der Waals surface area contributed by atoms with Gasteiger partial charge in [-0.15, -0.1) is 0 Å². The Labute approximate surface area is 139 Å². The van der Waals surface area contributed by atoms with E-state index in [1.54, 1.807) is 0 Å². The predicted molar refractivity (Wildman–Crippen MR) is 87.8 cm³/mol. The highest BCUT2D eigenvalue weighted by molar-refractivity contribution is 6.33. The maximum Gasteiger partial charge on any atom is 0.306 e. The van der Waals surface area contributed by atoms with E-state index in [0.29, 0.717) is 47.3 Å². The summed E-state index contributed by atoms with van der Waals surface area (Å²) in [5.41, 5.74) is 6.39. The fourth-order valence-corrected chi connectivity index (χ4v) is 3.02. The molecule has 0 radical (unpaired) electrons. The number of amides is 1. The Morgan fingerprint density at radius 2 is 2.00 bits per heavy atom. The van der Waals surface area contributed by atoms with Crippen LogP contribution in [0.5, 0.6) is 5.75 Å². The highest BCUT2D eigenvalue weighted by atomic mass is 35.5. The number of ether oxygens (including phenoxy) is 1. The fourth-order valence-electron chi connectivity index (χ4n) is 2.86. The first-order valence-corrected chi connectivity index (χ1v) is 7.94. The molecule has 0 atom stereocenters. The van der Waals surface area contributed by atoms with Gasteiger partial charge in [-0.3, -0.25) is 9.59 Å². The standard InChI is InChI=1S/C16H21ClN2O4/c1-23-14-7-13(18)12(17)6-11(14)15(20)19-8-9-2-4-10(5-3-9)16(21)22/h6-7,9-10H,2-5,8,18H2,1H3,(H,19,20)(H,21,22). The van der Waals surface area contributed by atoms with Crippen molar-refractivity contribution in [3.8, 4) is 5.75 Å². The fraction of sp³-hybridized carbons (Fsp3) is 0.500. The average molecular weight is 341 g/mol. The van der Waals surface area contributed by atoms with E-state index in [4.69, 9.17) is 27.2 Å². The van der Waals surface area contributed by atoms with Crippen molar-refractivity contribution in [1.82, 2.24) is 5.32 Å². The third-order valence-corrected chi connectivity index (χ3v) is 4.64. The number of benzene rings is 1. The number of carboxylic acid groups (broad SMARTS) is 1. The largest absolute Gasteiger partial charge is 0.496 e. The average Bonchev–Trinajstić information content (AvgIpc) is 2.55. The third kappa shape index (κ3) is 4.28. The number of carbonyl (C=O) groups excluding carboxylic acids is 1. The Balaban J connectivity index is 1.93. The van der Waals surface area contributed by atoms with Gasteiger partial charge in [0.25, 0.3) is 5.91 Å². The number of nitrogen functional groups attached to an aromatic ring is 1. The number of aliphatic carboxylic acids is 1. The maximum atomic E-state index is 12.3. The zero-order valence-electron chi connectivity index (χ0n) is 13.0. The van der Waals surface area contributed by atoms with Crippen molar-refractivity contribution >= 4 is 29.2 Å². The van der Waals surface area contributed by atoms with Crippen LogP contribution in [0.1, 0.15) is 36.0 Å². The molecule has 23 heavy (non-hydrogen) atoms. The van der Waals surface area contributed by atoms with E-state index in [0.717, 1.165) is 12.8 Å². The van der Waals surface area contributed by atoms with Crippen LogP contribution in [0.4, 0.5) is 5.69 Å². The highest BCUT2D eigenvalue weighted by Gasteiger charge is 2.26. The lowest BCUT2D eigenvalue weighted by atomic mass is 9.82. The molecule has 2 rings (SSSR count). The molecular formula is C16H21ClN2O4. The Kier molecular flexibility index (Phi) is 5.71. The molecule has 0 spiro atoms. The summed E-state index contributed by atoms with van der Waals surface area (Å²) in [6.45, 7) is 0.510. The minimum Gasteiger partial charge on any atom is -0.496 e. The molecule has 1 amide bonds. The van der Waals surface area contributed by atoms with Crippen LogP contribution in [-0.2, 0) is 4.79 Å². The zero-order chi connectivity index (χ0) is 17.0. The lowest BCUT2D eigenvalue weighted by molar-refractivity contribution is -0.143.